The molecule has 0 aliphatic rings. The number of fused-ring (bicyclic) bond motifs is 1. The molecular formula is C20H19ClN2O3S. The van der Waals surface area contributed by atoms with Crippen LogP contribution in [0.3, 0.4) is 0 Å². The summed E-state index contributed by atoms with van der Waals surface area (Å²) in [5.74, 6) is -0.672. The number of rotatable bonds is 6. The molecule has 0 unspecified atom stereocenters. The first-order valence-corrected chi connectivity index (χ1v) is 9.82. The molecular weight excluding hydrogens is 384 g/mol. The maximum absolute atomic E-state index is 12.4. The third-order valence-corrected chi connectivity index (χ3v) is 5.19. The molecule has 7 heteroatoms. The van der Waals surface area contributed by atoms with E-state index in [2.05, 4.69) is 10.3 Å². The second-order valence-corrected chi connectivity index (χ2v) is 7.57. The fourth-order valence-electron chi connectivity index (χ4n) is 2.47. The van der Waals surface area contributed by atoms with Crippen LogP contribution in [0.1, 0.15) is 46.0 Å². The van der Waals surface area contributed by atoms with Crippen molar-refractivity contribution in [2.75, 3.05) is 11.9 Å². The monoisotopic (exact) mass is 402 g/mol. The number of unbranched alkanes of at least 4 members (excludes halogenated alkanes) is 1. The normalized spacial score (nSPS) is 10.8. The van der Waals surface area contributed by atoms with Gasteiger partial charge in [0, 0.05) is 0 Å². The molecule has 0 fully saturated rings. The van der Waals surface area contributed by atoms with Gasteiger partial charge in [-0.2, -0.15) is 0 Å². The number of aryl methyl sites for hydroxylation is 1. The van der Waals surface area contributed by atoms with Crippen molar-refractivity contribution in [3.8, 4) is 0 Å². The molecule has 0 spiro atoms. The second kappa shape index (κ2) is 8.50. The highest BCUT2D eigenvalue weighted by atomic mass is 35.5. The van der Waals surface area contributed by atoms with E-state index < -0.39 is 0 Å². The first-order valence-electron chi connectivity index (χ1n) is 8.63. The summed E-state index contributed by atoms with van der Waals surface area (Å²) in [5.41, 5.74) is 2.55. The lowest BCUT2D eigenvalue weighted by Crippen LogP contribution is -2.12. The molecule has 0 saturated heterocycles. The van der Waals surface area contributed by atoms with Crippen molar-refractivity contribution >= 4 is 50.2 Å². The number of esters is 1. The van der Waals surface area contributed by atoms with Crippen LogP contribution in [0.25, 0.3) is 10.2 Å². The fraction of sp³-hybridized carbons (Fsp3) is 0.250. The maximum atomic E-state index is 12.4. The number of thiazole rings is 1. The Balaban J connectivity index is 1.76. The Morgan fingerprint density at radius 2 is 2.04 bits per heavy atom. The van der Waals surface area contributed by atoms with Crippen LogP contribution in [0.4, 0.5) is 5.13 Å². The minimum absolute atomic E-state index is 0.321. The number of ether oxygens (including phenoxy) is 1. The van der Waals surface area contributed by atoms with Gasteiger partial charge in [0.1, 0.15) is 0 Å². The van der Waals surface area contributed by atoms with Gasteiger partial charge >= 0.3 is 5.97 Å². The smallest absolute Gasteiger partial charge is 0.338 e. The Labute approximate surface area is 166 Å². The average molecular weight is 403 g/mol. The number of benzene rings is 2. The molecule has 0 aliphatic heterocycles. The van der Waals surface area contributed by atoms with Crippen molar-refractivity contribution < 1.29 is 14.3 Å². The molecule has 0 atom stereocenters. The number of anilines is 1. The molecule has 3 rings (SSSR count). The van der Waals surface area contributed by atoms with Gasteiger partial charge in [0.25, 0.3) is 5.91 Å². The van der Waals surface area contributed by atoms with Gasteiger partial charge in [-0.3, -0.25) is 10.1 Å². The highest BCUT2D eigenvalue weighted by Gasteiger charge is 2.14. The second-order valence-electron chi connectivity index (χ2n) is 6.13. The van der Waals surface area contributed by atoms with Crippen molar-refractivity contribution in [3.05, 3.63) is 58.1 Å². The van der Waals surface area contributed by atoms with E-state index in [0.29, 0.717) is 33.4 Å². The summed E-state index contributed by atoms with van der Waals surface area (Å²) in [6.45, 7) is 4.36. The minimum Gasteiger partial charge on any atom is -0.462 e. The van der Waals surface area contributed by atoms with Gasteiger partial charge in [-0.1, -0.05) is 42.3 Å². The van der Waals surface area contributed by atoms with Crippen molar-refractivity contribution in [1.82, 2.24) is 4.98 Å². The van der Waals surface area contributed by atoms with Gasteiger partial charge in [-0.15, -0.1) is 0 Å². The number of aromatic nitrogens is 1. The average Bonchev–Trinajstić information content (AvgIpc) is 3.02. The molecule has 0 saturated carbocycles. The Bertz CT molecular complexity index is 1000. The summed E-state index contributed by atoms with van der Waals surface area (Å²) in [6, 6.07) is 10.4. The Kier molecular flexibility index (Phi) is 6.08. The van der Waals surface area contributed by atoms with Crippen LogP contribution in [0.15, 0.2) is 36.4 Å². The van der Waals surface area contributed by atoms with Gasteiger partial charge in [0.2, 0.25) is 0 Å². The van der Waals surface area contributed by atoms with Crippen LogP contribution >= 0.6 is 22.9 Å². The van der Waals surface area contributed by atoms with E-state index in [1.807, 2.05) is 19.9 Å². The Hall–Kier alpha value is -2.44. The number of amides is 1. The summed E-state index contributed by atoms with van der Waals surface area (Å²) >= 11 is 7.44. The molecule has 140 valence electrons. The van der Waals surface area contributed by atoms with Crippen LogP contribution in [0, 0.1) is 6.92 Å². The topological polar surface area (TPSA) is 68.3 Å². The highest BCUT2D eigenvalue weighted by Crippen LogP contribution is 2.28. The zero-order valence-electron chi connectivity index (χ0n) is 15.0. The molecule has 0 radical (unpaired) electrons. The van der Waals surface area contributed by atoms with E-state index in [4.69, 9.17) is 16.3 Å². The summed E-state index contributed by atoms with van der Waals surface area (Å²) in [6.07, 6.45) is 1.81. The zero-order chi connectivity index (χ0) is 19.4. The molecule has 1 aromatic heterocycles. The number of nitrogens with zero attached hydrogens (tertiary/aromatic N) is 1. The summed E-state index contributed by atoms with van der Waals surface area (Å²) in [7, 11) is 0. The van der Waals surface area contributed by atoms with E-state index in [1.165, 1.54) is 11.3 Å². The van der Waals surface area contributed by atoms with Crippen molar-refractivity contribution in [1.29, 1.82) is 0 Å². The molecule has 0 bridgehead atoms. The number of nitrogens with one attached hydrogen (secondary N) is 1. The van der Waals surface area contributed by atoms with Gasteiger partial charge in [0.05, 0.1) is 33.0 Å². The van der Waals surface area contributed by atoms with Crippen molar-refractivity contribution in [2.45, 2.75) is 26.7 Å². The number of halogens is 1. The van der Waals surface area contributed by atoms with Crippen molar-refractivity contribution in [3.63, 3.8) is 0 Å². The quantitative estimate of drug-likeness (QED) is 0.438. The molecule has 2 aromatic carbocycles. The minimum atomic E-state index is -0.351. The maximum Gasteiger partial charge on any atom is 0.338 e. The fourth-order valence-corrected chi connectivity index (χ4v) is 3.69. The molecule has 0 aliphatic carbocycles. The Morgan fingerprint density at radius 1 is 1.22 bits per heavy atom. The highest BCUT2D eigenvalue weighted by molar-refractivity contribution is 7.22. The summed E-state index contributed by atoms with van der Waals surface area (Å²) < 4.78 is 6.03. The van der Waals surface area contributed by atoms with Gasteiger partial charge in [0.15, 0.2) is 5.13 Å². The van der Waals surface area contributed by atoms with Crippen LogP contribution in [-0.4, -0.2) is 23.5 Å². The van der Waals surface area contributed by atoms with E-state index >= 15 is 0 Å². The lowest BCUT2D eigenvalue weighted by molar-refractivity contribution is 0.0500. The lowest BCUT2D eigenvalue weighted by Gasteiger charge is -2.04. The predicted molar refractivity (Wildman–Crippen MR) is 109 cm³/mol. The standard InChI is InChI=1S/C20H19ClN2O3S/c1-3-4-9-26-19(25)13-6-8-16-17(11-13)27-20(22-16)23-18(24)14-7-5-12(2)10-15(14)21/h5-8,10-11H,3-4,9H2,1-2H3,(H,22,23,24). The third-order valence-electron chi connectivity index (χ3n) is 3.94. The first-order chi connectivity index (χ1) is 13.0. The van der Waals surface area contributed by atoms with Crippen LogP contribution < -0.4 is 5.32 Å². The van der Waals surface area contributed by atoms with E-state index in [9.17, 15) is 9.59 Å². The zero-order valence-corrected chi connectivity index (χ0v) is 16.6. The summed E-state index contributed by atoms with van der Waals surface area (Å²) in [5, 5.41) is 3.61. The summed E-state index contributed by atoms with van der Waals surface area (Å²) in [4.78, 5) is 28.9. The number of hydrogen-bond acceptors (Lipinski definition) is 5. The van der Waals surface area contributed by atoms with Gasteiger partial charge in [-0.25, -0.2) is 9.78 Å². The van der Waals surface area contributed by atoms with Crippen LogP contribution in [0.2, 0.25) is 5.02 Å². The molecule has 1 N–H and O–H groups in total. The van der Waals surface area contributed by atoms with Crippen molar-refractivity contribution in [2.24, 2.45) is 0 Å². The van der Waals surface area contributed by atoms with E-state index in [-0.39, 0.29) is 11.9 Å². The molecule has 27 heavy (non-hydrogen) atoms. The molecule has 3 aromatic rings. The SMILES string of the molecule is CCCCOC(=O)c1ccc2nc(NC(=O)c3ccc(C)cc3Cl)sc2c1. The van der Waals surface area contributed by atoms with Crippen LogP contribution in [-0.2, 0) is 4.74 Å². The Morgan fingerprint density at radius 3 is 2.78 bits per heavy atom. The first kappa shape index (κ1) is 19.3. The lowest BCUT2D eigenvalue weighted by atomic mass is 10.1. The molecule has 1 heterocycles. The van der Waals surface area contributed by atoms with Crippen LogP contribution in [0.5, 0.6) is 0 Å². The van der Waals surface area contributed by atoms with E-state index in [1.54, 1.807) is 30.3 Å². The van der Waals surface area contributed by atoms with E-state index in [0.717, 1.165) is 23.1 Å². The number of hydrogen-bond donors (Lipinski definition) is 1. The number of carbonyl (C=O) groups is 2. The van der Waals surface area contributed by atoms with Gasteiger partial charge in [-0.05, 0) is 49.2 Å². The third kappa shape index (κ3) is 4.64. The molecule has 5 nitrogen and oxygen atoms in total. The predicted octanol–water partition coefficient (Wildman–Crippen LogP) is 5.47. The van der Waals surface area contributed by atoms with Gasteiger partial charge < -0.3 is 4.74 Å². The largest absolute Gasteiger partial charge is 0.462 e. The molecule has 1 amide bonds. The number of carbonyl (C=O) groups excluding carboxylic acids is 2.